The van der Waals surface area contributed by atoms with Gasteiger partial charge < -0.3 is 10.4 Å². The molecule has 0 fully saturated rings. The predicted octanol–water partition coefficient (Wildman–Crippen LogP) is 0.503. The number of benzene rings is 1. The van der Waals surface area contributed by atoms with Crippen LogP contribution in [0.4, 0.5) is 8.78 Å². The number of nitrogens with zero attached hydrogens (tertiary/aromatic N) is 1. The lowest BCUT2D eigenvalue weighted by atomic mass is 10.2. The van der Waals surface area contributed by atoms with E-state index in [0.29, 0.717) is 18.7 Å². The molecule has 0 radical (unpaired) electrons. The molecule has 0 aliphatic heterocycles. The number of carbonyl (C=O) groups is 1. The summed E-state index contributed by atoms with van der Waals surface area (Å²) in [6.45, 7) is 0.377. The van der Waals surface area contributed by atoms with E-state index in [2.05, 4.69) is 5.32 Å². The van der Waals surface area contributed by atoms with Gasteiger partial charge in [-0.25, -0.2) is 22.0 Å². The van der Waals surface area contributed by atoms with Gasteiger partial charge in [0.2, 0.25) is 10.0 Å². The number of aromatic carboxylic acids is 1. The molecule has 0 spiro atoms. The summed E-state index contributed by atoms with van der Waals surface area (Å²) >= 11 is 0. The predicted molar refractivity (Wildman–Crippen MR) is 67.1 cm³/mol. The van der Waals surface area contributed by atoms with E-state index in [1.54, 1.807) is 7.05 Å². The number of hydrogen-bond acceptors (Lipinski definition) is 4. The van der Waals surface area contributed by atoms with Crippen molar-refractivity contribution in [2.75, 3.05) is 27.2 Å². The van der Waals surface area contributed by atoms with Gasteiger partial charge in [0.15, 0.2) is 5.82 Å². The first-order chi connectivity index (χ1) is 9.23. The van der Waals surface area contributed by atoms with Gasteiger partial charge in [0.1, 0.15) is 16.3 Å². The highest BCUT2D eigenvalue weighted by Gasteiger charge is 2.29. The Bertz CT molecular complexity index is 619. The molecule has 1 aromatic carbocycles. The van der Waals surface area contributed by atoms with E-state index >= 15 is 0 Å². The number of carboxylic acids is 1. The second-order valence-corrected chi connectivity index (χ2v) is 5.98. The molecule has 0 aromatic heterocycles. The maximum Gasteiger partial charge on any atom is 0.341 e. The van der Waals surface area contributed by atoms with Crippen LogP contribution in [0.1, 0.15) is 10.4 Å². The SMILES string of the molecule is CNCCN(C)S(=O)(=O)c1ccc(F)c(C(=O)O)c1F. The van der Waals surface area contributed by atoms with Crippen LogP contribution in [0.25, 0.3) is 0 Å². The third kappa shape index (κ3) is 3.11. The zero-order chi connectivity index (χ0) is 15.5. The molecule has 2 N–H and O–H groups in total. The van der Waals surface area contributed by atoms with Crippen LogP contribution in [0.3, 0.4) is 0 Å². The highest BCUT2D eigenvalue weighted by atomic mass is 32.2. The van der Waals surface area contributed by atoms with E-state index in [1.807, 2.05) is 0 Å². The number of likely N-dealkylation sites (N-methyl/N-ethyl adjacent to an activating group) is 2. The van der Waals surface area contributed by atoms with Gasteiger partial charge in [-0.2, -0.15) is 4.31 Å². The lowest BCUT2D eigenvalue weighted by Gasteiger charge is -2.17. The van der Waals surface area contributed by atoms with Crippen LogP contribution in [0.2, 0.25) is 0 Å². The quantitative estimate of drug-likeness (QED) is 0.799. The fraction of sp³-hybridized carbons (Fsp3) is 0.364. The summed E-state index contributed by atoms with van der Waals surface area (Å²) in [6, 6.07) is 1.33. The molecule has 0 aliphatic carbocycles. The maximum absolute atomic E-state index is 13.9. The largest absolute Gasteiger partial charge is 0.477 e. The van der Waals surface area contributed by atoms with E-state index in [-0.39, 0.29) is 6.54 Å². The average Bonchev–Trinajstić information content (AvgIpc) is 2.34. The normalized spacial score (nSPS) is 11.8. The fourth-order valence-corrected chi connectivity index (χ4v) is 2.72. The molecule has 0 heterocycles. The zero-order valence-corrected chi connectivity index (χ0v) is 11.7. The number of hydrogen-bond donors (Lipinski definition) is 2. The van der Waals surface area contributed by atoms with Crippen LogP contribution in [0, 0.1) is 11.6 Å². The number of sulfonamides is 1. The highest BCUT2D eigenvalue weighted by molar-refractivity contribution is 7.89. The van der Waals surface area contributed by atoms with Crippen LogP contribution in [0.5, 0.6) is 0 Å². The number of rotatable bonds is 6. The van der Waals surface area contributed by atoms with Crippen LogP contribution in [-0.2, 0) is 10.0 Å². The summed E-state index contributed by atoms with van der Waals surface area (Å²) in [4.78, 5) is 9.90. The molecule has 0 atom stereocenters. The summed E-state index contributed by atoms with van der Waals surface area (Å²) < 4.78 is 52.2. The Labute approximate surface area is 115 Å². The lowest BCUT2D eigenvalue weighted by Crippen LogP contribution is -2.33. The number of nitrogens with one attached hydrogen (secondary N) is 1. The molecule has 0 unspecified atom stereocenters. The van der Waals surface area contributed by atoms with E-state index in [4.69, 9.17) is 5.11 Å². The third-order valence-electron chi connectivity index (χ3n) is 2.63. The Morgan fingerprint density at radius 1 is 1.40 bits per heavy atom. The average molecular weight is 308 g/mol. The van der Waals surface area contributed by atoms with Gasteiger partial charge in [-0.3, -0.25) is 0 Å². The Balaban J connectivity index is 3.33. The lowest BCUT2D eigenvalue weighted by molar-refractivity contribution is 0.0685. The number of carboxylic acid groups (broad SMARTS) is 1. The van der Waals surface area contributed by atoms with Crippen LogP contribution < -0.4 is 5.32 Å². The van der Waals surface area contributed by atoms with Crippen molar-refractivity contribution in [3.8, 4) is 0 Å². The van der Waals surface area contributed by atoms with Gasteiger partial charge in [0.05, 0.1) is 0 Å². The first-order valence-electron chi connectivity index (χ1n) is 5.55. The molecule has 0 bridgehead atoms. The van der Waals surface area contributed by atoms with Crippen LogP contribution in [-0.4, -0.2) is 51.0 Å². The van der Waals surface area contributed by atoms with Crippen molar-refractivity contribution < 1.29 is 27.1 Å². The van der Waals surface area contributed by atoms with E-state index in [0.717, 1.165) is 4.31 Å². The summed E-state index contributed by atoms with van der Waals surface area (Å²) in [6.07, 6.45) is 0. The van der Waals surface area contributed by atoms with Crippen molar-refractivity contribution >= 4 is 16.0 Å². The monoisotopic (exact) mass is 308 g/mol. The minimum absolute atomic E-state index is 0.0536. The first kappa shape index (κ1) is 16.5. The van der Waals surface area contributed by atoms with E-state index < -0.39 is 38.1 Å². The topological polar surface area (TPSA) is 86.7 Å². The Hall–Kier alpha value is -1.58. The zero-order valence-electron chi connectivity index (χ0n) is 10.9. The molecule has 9 heteroatoms. The molecule has 112 valence electrons. The van der Waals surface area contributed by atoms with Gasteiger partial charge in [0.25, 0.3) is 0 Å². The van der Waals surface area contributed by atoms with E-state index in [9.17, 15) is 22.0 Å². The van der Waals surface area contributed by atoms with Crippen molar-refractivity contribution in [2.24, 2.45) is 0 Å². The second kappa shape index (κ2) is 6.25. The molecule has 1 rings (SSSR count). The minimum Gasteiger partial charge on any atom is -0.477 e. The van der Waals surface area contributed by atoms with Crippen molar-refractivity contribution in [2.45, 2.75) is 4.90 Å². The van der Waals surface area contributed by atoms with Crippen molar-refractivity contribution in [1.29, 1.82) is 0 Å². The third-order valence-corrected chi connectivity index (χ3v) is 4.51. The molecule has 0 aliphatic rings. The molecule has 6 nitrogen and oxygen atoms in total. The van der Waals surface area contributed by atoms with Crippen molar-refractivity contribution in [1.82, 2.24) is 9.62 Å². The Morgan fingerprint density at radius 2 is 2.00 bits per heavy atom. The van der Waals surface area contributed by atoms with Gasteiger partial charge in [-0.1, -0.05) is 0 Å². The minimum atomic E-state index is -4.23. The van der Waals surface area contributed by atoms with E-state index in [1.165, 1.54) is 7.05 Å². The summed E-state index contributed by atoms with van der Waals surface area (Å²) in [5.74, 6) is -4.80. The van der Waals surface area contributed by atoms with Gasteiger partial charge in [-0.05, 0) is 19.2 Å². The summed E-state index contributed by atoms with van der Waals surface area (Å²) in [5, 5.41) is 11.4. The maximum atomic E-state index is 13.9. The first-order valence-corrected chi connectivity index (χ1v) is 6.99. The number of halogens is 2. The van der Waals surface area contributed by atoms with Gasteiger partial charge >= 0.3 is 5.97 Å². The molecule has 0 amide bonds. The molecule has 20 heavy (non-hydrogen) atoms. The highest BCUT2D eigenvalue weighted by Crippen LogP contribution is 2.23. The summed E-state index contributed by atoms with van der Waals surface area (Å²) in [5.41, 5.74) is -1.28. The fourth-order valence-electron chi connectivity index (χ4n) is 1.49. The van der Waals surface area contributed by atoms with Crippen molar-refractivity contribution in [3.63, 3.8) is 0 Å². The Kier molecular flexibility index (Phi) is 5.15. The van der Waals surface area contributed by atoms with Crippen LogP contribution >= 0.6 is 0 Å². The Morgan fingerprint density at radius 3 is 2.50 bits per heavy atom. The second-order valence-electron chi connectivity index (χ2n) is 3.97. The van der Waals surface area contributed by atoms with Gasteiger partial charge in [-0.15, -0.1) is 0 Å². The molecular formula is C11H14F2N2O4S. The van der Waals surface area contributed by atoms with Gasteiger partial charge in [0, 0.05) is 20.1 Å². The van der Waals surface area contributed by atoms with Crippen LogP contribution in [0.15, 0.2) is 17.0 Å². The summed E-state index contributed by atoms with van der Waals surface area (Å²) in [7, 11) is -1.40. The smallest absolute Gasteiger partial charge is 0.341 e. The van der Waals surface area contributed by atoms with Crippen molar-refractivity contribution in [3.05, 3.63) is 29.3 Å². The standard InChI is InChI=1S/C11H14F2N2O4S/c1-14-5-6-15(2)20(18,19)8-4-3-7(12)9(10(8)13)11(16)17/h3-4,14H,5-6H2,1-2H3,(H,16,17). The molecule has 1 aromatic rings. The molecule has 0 saturated carbocycles. The molecular weight excluding hydrogens is 294 g/mol. The molecule has 0 saturated heterocycles.